The molecule has 156 valence electrons. The van der Waals surface area contributed by atoms with Crippen LogP contribution in [0.2, 0.25) is 5.02 Å². The van der Waals surface area contributed by atoms with Gasteiger partial charge in [-0.1, -0.05) is 11.6 Å². The van der Waals surface area contributed by atoms with Crippen molar-refractivity contribution in [2.24, 2.45) is 0 Å². The van der Waals surface area contributed by atoms with Gasteiger partial charge in [0.2, 0.25) is 0 Å². The highest BCUT2D eigenvalue weighted by molar-refractivity contribution is 6.31. The second-order valence-electron chi connectivity index (χ2n) is 6.86. The number of benzene rings is 2. The first-order valence-electron chi connectivity index (χ1n) is 9.47. The van der Waals surface area contributed by atoms with Crippen LogP contribution in [0.1, 0.15) is 10.4 Å². The molecule has 0 aromatic heterocycles. The third-order valence-corrected chi connectivity index (χ3v) is 5.50. The van der Waals surface area contributed by atoms with E-state index in [0.29, 0.717) is 36.0 Å². The summed E-state index contributed by atoms with van der Waals surface area (Å²) in [5.41, 5.74) is 2.52. The summed E-state index contributed by atoms with van der Waals surface area (Å²) in [6, 6.07) is 13.1. The van der Waals surface area contributed by atoms with Gasteiger partial charge in [-0.25, -0.2) is 0 Å². The Morgan fingerprint density at radius 3 is 2.48 bits per heavy atom. The van der Waals surface area contributed by atoms with Crippen molar-refractivity contribution in [3.05, 3.63) is 53.1 Å². The predicted molar refractivity (Wildman–Crippen MR) is 118 cm³/mol. The molecule has 6 nitrogen and oxygen atoms in total. The molecule has 0 spiro atoms. The Kier molecular flexibility index (Phi) is 7.47. The van der Waals surface area contributed by atoms with Crippen LogP contribution in [0.25, 0.3) is 0 Å². The van der Waals surface area contributed by atoms with Gasteiger partial charge in [0.1, 0.15) is 5.75 Å². The molecule has 1 heterocycles. The van der Waals surface area contributed by atoms with Gasteiger partial charge in [-0.3, -0.25) is 4.79 Å². The number of amides is 1. The van der Waals surface area contributed by atoms with Crippen molar-refractivity contribution in [1.29, 1.82) is 0 Å². The number of aliphatic hydroxyl groups excluding tert-OH is 1. The number of rotatable bonds is 7. The summed E-state index contributed by atoms with van der Waals surface area (Å²) in [6.07, 6.45) is -0.569. The number of hydrogen-bond donors (Lipinski definition) is 2. The van der Waals surface area contributed by atoms with Gasteiger partial charge in [-0.15, -0.1) is 11.6 Å². The SMILES string of the molecule is COc1ccc(Cl)cc1C(=O)N1CCN(c2ccc(NCC(O)CCl)cc2)CC1. The van der Waals surface area contributed by atoms with Crippen molar-refractivity contribution in [3.63, 3.8) is 0 Å². The van der Waals surface area contributed by atoms with Crippen LogP contribution in [-0.4, -0.2) is 67.7 Å². The number of nitrogens with zero attached hydrogens (tertiary/aromatic N) is 2. The molecule has 1 aliphatic heterocycles. The van der Waals surface area contributed by atoms with Gasteiger partial charge in [0, 0.05) is 49.1 Å². The van der Waals surface area contributed by atoms with Crippen LogP contribution in [0, 0.1) is 0 Å². The molecule has 0 bridgehead atoms. The molecule has 1 unspecified atom stereocenters. The van der Waals surface area contributed by atoms with E-state index in [0.717, 1.165) is 24.5 Å². The number of hydrogen-bond acceptors (Lipinski definition) is 5. The first-order chi connectivity index (χ1) is 14.0. The topological polar surface area (TPSA) is 65.0 Å². The maximum atomic E-state index is 12.9. The van der Waals surface area contributed by atoms with E-state index in [2.05, 4.69) is 10.2 Å². The molecule has 0 saturated carbocycles. The van der Waals surface area contributed by atoms with Gasteiger partial charge in [0.05, 0.1) is 24.7 Å². The van der Waals surface area contributed by atoms with Crippen LogP contribution in [0.5, 0.6) is 5.75 Å². The van der Waals surface area contributed by atoms with Gasteiger partial charge in [0.15, 0.2) is 0 Å². The van der Waals surface area contributed by atoms with Gasteiger partial charge in [-0.2, -0.15) is 0 Å². The van der Waals surface area contributed by atoms with Crippen molar-refractivity contribution >= 4 is 40.5 Å². The lowest BCUT2D eigenvalue weighted by molar-refractivity contribution is 0.0743. The minimum atomic E-state index is -0.569. The summed E-state index contributed by atoms with van der Waals surface area (Å²) in [5.74, 6) is 0.667. The highest BCUT2D eigenvalue weighted by atomic mass is 35.5. The highest BCUT2D eigenvalue weighted by Gasteiger charge is 2.24. The quantitative estimate of drug-likeness (QED) is 0.650. The second-order valence-corrected chi connectivity index (χ2v) is 7.60. The van der Waals surface area contributed by atoms with Gasteiger partial charge >= 0.3 is 0 Å². The molecule has 1 amide bonds. The Hall–Kier alpha value is -2.15. The largest absolute Gasteiger partial charge is 0.496 e. The van der Waals surface area contributed by atoms with Crippen LogP contribution in [-0.2, 0) is 0 Å². The summed E-state index contributed by atoms with van der Waals surface area (Å²) in [6.45, 7) is 3.14. The van der Waals surface area contributed by atoms with E-state index in [-0.39, 0.29) is 11.8 Å². The molecule has 1 aliphatic rings. The predicted octanol–water partition coefficient (Wildman–Crippen LogP) is 3.32. The minimum Gasteiger partial charge on any atom is -0.496 e. The Morgan fingerprint density at radius 2 is 1.86 bits per heavy atom. The summed E-state index contributed by atoms with van der Waals surface area (Å²) in [5, 5.41) is 13.2. The fraction of sp³-hybridized carbons (Fsp3) is 0.381. The highest BCUT2D eigenvalue weighted by Crippen LogP contribution is 2.25. The monoisotopic (exact) mass is 437 g/mol. The summed E-state index contributed by atoms with van der Waals surface area (Å²) in [7, 11) is 1.55. The average molecular weight is 438 g/mol. The fourth-order valence-electron chi connectivity index (χ4n) is 3.27. The molecule has 1 fully saturated rings. The third kappa shape index (κ3) is 5.47. The summed E-state index contributed by atoms with van der Waals surface area (Å²) in [4.78, 5) is 17.0. The van der Waals surface area contributed by atoms with E-state index in [1.165, 1.54) is 0 Å². The van der Waals surface area contributed by atoms with E-state index < -0.39 is 6.10 Å². The lowest BCUT2D eigenvalue weighted by atomic mass is 10.1. The third-order valence-electron chi connectivity index (χ3n) is 4.91. The molecule has 0 radical (unpaired) electrons. The normalized spacial score (nSPS) is 15.2. The molecule has 2 aromatic carbocycles. The van der Waals surface area contributed by atoms with E-state index >= 15 is 0 Å². The Bertz CT molecular complexity index is 824. The molecule has 8 heteroatoms. The molecular weight excluding hydrogens is 413 g/mol. The van der Waals surface area contributed by atoms with E-state index in [9.17, 15) is 9.90 Å². The number of alkyl halides is 1. The molecule has 3 rings (SSSR count). The Balaban J connectivity index is 1.58. The number of carbonyl (C=O) groups excluding carboxylic acids is 1. The van der Waals surface area contributed by atoms with Crippen molar-refractivity contribution in [2.75, 3.05) is 55.9 Å². The lowest BCUT2D eigenvalue weighted by Gasteiger charge is -2.36. The first kappa shape index (κ1) is 21.6. The standard InChI is InChI=1S/C21H25Cl2N3O3/c1-29-20-7-2-15(23)12-19(20)21(28)26-10-8-25(9-11-26)17-5-3-16(4-6-17)24-14-18(27)13-22/h2-7,12,18,24,27H,8-11,13-14H2,1H3. The van der Waals surface area contributed by atoms with Gasteiger partial charge in [0.25, 0.3) is 5.91 Å². The lowest BCUT2D eigenvalue weighted by Crippen LogP contribution is -2.48. The molecule has 2 N–H and O–H groups in total. The fourth-order valence-corrected chi connectivity index (χ4v) is 3.55. The van der Waals surface area contributed by atoms with Crippen molar-refractivity contribution < 1.29 is 14.6 Å². The van der Waals surface area contributed by atoms with Crippen LogP contribution in [0.15, 0.2) is 42.5 Å². The number of methoxy groups -OCH3 is 1. The summed E-state index contributed by atoms with van der Waals surface area (Å²) < 4.78 is 5.31. The van der Waals surface area contributed by atoms with Crippen molar-refractivity contribution in [1.82, 2.24) is 4.90 Å². The number of anilines is 2. The number of piperazine rings is 1. The molecule has 1 saturated heterocycles. The maximum absolute atomic E-state index is 12.9. The first-order valence-corrected chi connectivity index (χ1v) is 10.4. The number of halogens is 2. The Labute approximate surface area is 181 Å². The molecular formula is C21H25Cl2N3O3. The maximum Gasteiger partial charge on any atom is 0.257 e. The van der Waals surface area contributed by atoms with E-state index in [4.69, 9.17) is 27.9 Å². The van der Waals surface area contributed by atoms with Crippen molar-refractivity contribution in [2.45, 2.75) is 6.10 Å². The Morgan fingerprint density at radius 1 is 1.17 bits per heavy atom. The smallest absolute Gasteiger partial charge is 0.257 e. The molecule has 0 aliphatic carbocycles. The number of ether oxygens (including phenoxy) is 1. The summed E-state index contributed by atoms with van der Waals surface area (Å²) >= 11 is 11.7. The molecule has 2 aromatic rings. The molecule has 29 heavy (non-hydrogen) atoms. The van der Waals surface area contributed by atoms with Crippen LogP contribution in [0.3, 0.4) is 0 Å². The van der Waals surface area contributed by atoms with Crippen LogP contribution < -0.4 is 15.0 Å². The average Bonchev–Trinajstić information content (AvgIpc) is 2.77. The zero-order chi connectivity index (χ0) is 20.8. The minimum absolute atomic E-state index is 0.0682. The van der Waals surface area contributed by atoms with Gasteiger partial charge < -0.3 is 25.0 Å². The zero-order valence-corrected chi connectivity index (χ0v) is 17.8. The van der Waals surface area contributed by atoms with Crippen LogP contribution in [0.4, 0.5) is 11.4 Å². The molecule has 1 atom stereocenters. The van der Waals surface area contributed by atoms with Gasteiger partial charge in [-0.05, 0) is 42.5 Å². The van der Waals surface area contributed by atoms with Crippen molar-refractivity contribution in [3.8, 4) is 5.75 Å². The van der Waals surface area contributed by atoms with Crippen LogP contribution >= 0.6 is 23.2 Å². The number of aliphatic hydroxyl groups is 1. The zero-order valence-electron chi connectivity index (χ0n) is 16.3. The second kappa shape index (κ2) is 10.1. The van der Waals surface area contributed by atoms with E-state index in [1.54, 1.807) is 25.3 Å². The van der Waals surface area contributed by atoms with E-state index in [1.807, 2.05) is 29.2 Å². The number of carbonyl (C=O) groups is 1. The number of nitrogens with one attached hydrogen (secondary N) is 1.